The number of hydrogen-bond acceptors (Lipinski definition) is 0. The van der Waals surface area contributed by atoms with Crippen LogP contribution in [-0.4, -0.2) is 0 Å². The van der Waals surface area contributed by atoms with Crippen LogP contribution in [0.25, 0.3) is 82.4 Å². The van der Waals surface area contributed by atoms with E-state index in [9.17, 15) is 0 Å². The number of rotatable bonds is 8. The molecular weight excluding hydrogens is 613 g/mol. The minimum absolute atomic E-state index is 0.251. The monoisotopic (exact) mass is 658 g/mol. The summed E-state index contributed by atoms with van der Waals surface area (Å²) in [4.78, 5) is 0. The largest absolute Gasteiger partial charge is 0.0990 e. The highest BCUT2D eigenvalue weighted by Gasteiger charge is 2.30. The lowest BCUT2D eigenvalue weighted by Gasteiger charge is -2.18. The Morgan fingerprint density at radius 1 is 0.588 bits per heavy atom. The van der Waals surface area contributed by atoms with Crippen molar-refractivity contribution < 1.29 is 0 Å². The zero-order chi connectivity index (χ0) is 35.5. The molecule has 0 radical (unpaired) electrons. The third-order valence-corrected chi connectivity index (χ3v) is 10.4. The molecule has 1 atom stereocenters. The van der Waals surface area contributed by atoms with Crippen LogP contribution in [0.4, 0.5) is 0 Å². The summed E-state index contributed by atoms with van der Waals surface area (Å²) in [6.45, 7) is 17.0. The zero-order valence-electron chi connectivity index (χ0n) is 30.3. The van der Waals surface area contributed by atoms with Crippen LogP contribution < -0.4 is 0 Å². The molecule has 0 spiro atoms. The third-order valence-electron chi connectivity index (χ3n) is 10.4. The molecule has 0 heterocycles. The van der Waals surface area contributed by atoms with E-state index in [1.807, 2.05) is 12.2 Å². The van der Waals surface area contributed by atoms with Crippen LogP contribution in [0.2, 0.25) is 0 Å². The predicted octanol–water partition coefficient (Wildman–Crippen LogP) is 15.4. The second-order valence-electron chi connectivity index (χ2n) is 13.5. The van der Waals surface area contributed by atoms with Gasteiger partial charge in [-0.15, -0.1) is 0 Å². The maximum atomic E-state index is 4.20. The molecule has 0 bridgehead atoms. The molecule has 250 valence electrons. The van der Waals surface area contributed by atoms with E-state index in [4.69, 9.17) is 0 Å². The maximum absolute atomic E-state index is 4.20. The first-order chi connectivity index (χ1) is 25.0. The Hall–Kier alpha value is -5.72. The van der Waals surface area contributed by atoms with Gasteiger partial charge in [-0.1, -0.05) is 186 Å². The van der Waals surface area contributed by atoms with Gasteiger partial charge in [0.1, 0.15) is 0 Å². The van der Waals surface area contributed by atoms with Gasteiger partial charge in [-0.3, -0.25) is 0 Å². The van der Waals surface area contributed by atoms with E-state index >= 15 is 0 Å². The second-order valence-corrected chi connectivity index (χ2v) is 13.5. The van der Waals surface area contributed by atoms with Crippen LogP contribution in [0, 0.1) is 0 Å². The highest BCUT2D eigenvalue weighted by Crippen LogP contribution is 2.56. The molecule has 0 fully saturated rings. The Morgan fingerprint density at radius 3 is 1.59 bits per heavy atom. The number of hydrogen-bond donors (Lipinski definition) is 0. The molecule has 7 aromatic carbocycles. The smallest absolute Gasteiger partial charge is 0.000416 e. The normalized spacial score (nSPS) is 12.6. The highest BCUT2D eigenvalue weighted by molar-refractivity contribution is 6.23. The van der Waals surface area contributed by atoms with Gasteiger partial charge in [0, 0.05) is 0 Å². The summed E-state index contributed by atoms with van der Waals surface area (Å²) in [6, 6.07) is 45.1. The molecule has 0 nitrogen and oxygen atoms in total. The first-order valence-electron chi connectivity index (χ1n) is 18.4. The quantitative estimate of drug-likeness (QED) is 0.113. The second kappa shape index (κ2) is 14.6. The summed E-state index contributed by atoms with van der Waals surface area (Å²) in [7, 11) is 0. The summed E-state index contributed by atoms with van der Waals surface area (Å²) in [6.07, 6.45) is 13.0. The minimum Gasteiger partial charge on any atom is -0.0990 e. The van der Waals surface area contributed by atoms with Crippen molar-refractivity contribution in [3.8, 4) is 44.5 Å². The first-order valence-corrected chi connectivity index (χ1v) is 18.4. The van der Waals surface area contributed by atoms with Crippen LogP contribution in [-0.2, 0) is 0 Å². The average molecular weight is 659 g/mol. The highest BCUT2D eigenvalue weighted by atomic mass is 14.3. The van der Waals surface area contributed by atoms with Crippen LogP contribution in [0.1, 0.15) is 57.6 Å². The number of fused-ring (bicyclic) bond motifs is 5. The number of allylic oxidation sites excluding steroid dienone is 6. The SMILES string of the molecule is C=C/C=C(\C=C)c1ccc2c3c(ccc(C(C)/C=C\C)c13)-c1c(-c3ccc4ccccc4c3)ccc(-c3ccc4ccccc4c3)c1-2.CCCC. The summed E-state index contributed by atoms with van der Waals surface area (Å²) >= 11 is 0. The molecule has 7 aromatic rings. The van der Waals surface area contributed by atoms with Crippen molar-refractivity contribution in [3.63, 3.8) is 0 Å². The van der Waals surface area contributed by atoms with Crippen molar-refractivity contribution in [3.05, 3.63) is 176 Å². The van der Waals surface area contributed by atoms with Gasteiger partial charge >= 0.3 is 0 Å². The van der Waals surface area contributed by atoms with E-state index in [0.29, 0.717) is 0 Å². The fourth-order valence-corrected chi connectivity index (χ4v) is 7.70. The summed E-state index contributed by atoms with van der Waals surface area (Å²) < 4.78 is 0. The van der Waals surface area contributed by atoms with E-state index in [1.54, 1.807) is 0 Å². The Balaban J connectivity index is 0.000000966. The molecular formula is C51H46. The molecule has 0 saturated heterocycles. The molecule has 0 amide bonds. The molecule has 1 aliphatic rings. The fourth-order valence-electron chi connectivity index (χ4n) is 7.70. The van der Waals surface area contributed by atoms with Crippen molar-refractivity contribution in [2.75, 3.05) is 0 Å². The molecule has 0 saturated carbocycles. The van der Waals surface area contributed by atoms with Crippen LogP contribution in [0.15, 0.2) is 165 Å². The fraction of sp³-hybridized carbons (Fsp3) is 0.137. The zero-order valence-corrected chi connectivity index (χ0v) is 30.3. The van der Waals surface area contributed by atoms with Gasteiger partial charge < -0.3 is 0 Å². The molecule has 0 N–H and O–H groups in total. The Labute approximate surface area is 303 Å². The Morgan fingerprint density at radius 2 is 1.10 bits per heavy atom. The molecule has 1 aliphatic carbocycles. The number of unbranched alkanes of at least 4 members (excludes halogenated alkanes) is 1. The van der Waals surface area contributed by atoms with E-state index < -0.39 is 0 Å². The van der Waals surface area contributed by atoms with E-state index in [-0.39, 0.29) is 5.92 Å². The Bertz CT molecular complexity index is 2390. The van der Waals surface area contributed by atoms with Gasteiger partial charge in [0.05, 0.1) is 0 Å². The molecule has 8 rings (SSSR count). The van der Waals surface area contributed by atoms with Gasteiger partial charge in [0.25, 0.3) is 0 Å². The van der Waals surface area contributed by atoms with E-state index in [1.165, 1.54) is 101 Å². The molecule has 1 unspecified atom stereocenters. The van der Waals surface area contributed by atoms with Gasteiger partial charge in [-0.25, -0.2) is 0 Å². The van der Waals surface area contributed by atoms with Crippen LogP contribution in [0.3, 0.4) is 0 Å². The Kier molecular flexibility index (Phi) is 9.69. The topological polar surface area (TPSA) is 0 Å². The van der Waals surface area contributed by atoms with Crippen molar-refractivity contribution in [2.45, 2.75) is 46.5 Å². The summed E-state index contributed by atoms with van der Waals surface area (Å²) in [5.41, 5.74) is 13.8. The van der Waals surface area contributed by atoms with Crippen LogP contribution in [0.5, 0.6) is 0 Å². The summed E-state index contributed by atoms with van der Waals surface area (Å²) in [5, 5.41) is 7.62. The lowest BCUT2D eigenvalue weighted by atomic mass is 9.86. The minimum atomic E-state index is 0.251. The lowest BCUT2D eigenvalue weighted by Crippen LogP contribution is -1.96. The standard InChI is InChI=1S/C47H36.C4H10/c1-5-12-30(4)38-22-26-42-45-40(36-20-18-32-14-8-10-16-34(32)28-36)23-24-41(37-21-19-33-15-9-11-17-35(33)29-37)46(45)43-27-25-39(44(38)47(42)43)31(7-3)13-6-2;1-3-4-2/h5-30H,2-3H2,1,4H3;3-4H2,1-2H3/b12-5-,31-13+;. The van der Waals surface area contributed by atoms with E-state index in [2.05, 4.69) is 180 Å². The lowest BCUT2D eigenvalue weighted by molar-refractivity contribution is 0.886. The average Bonchev–Trinajstić information content (AvgIpc) is 3.52. The molecule has 0 aliphatic heterocycles. The van der Waals surface area contributed by atoms with Crippen molar-refractivity contribution in [1.82, 2.24) is 0 Å². The van der Waals surface area contributed by atoms with Crippen molar-refractivity contribution in [2.24, 2.45) is 0 Å². The maximum Gasteiger partial charge on any atom is -0.000416 e. The molecule has 0 aromatic heterocycles. The van der Waals surface area contributed by atoms with Crippen molar-refractivity contribution in [1.29, 1.82) is 0 Å². The van der Waals surface area contributed by atoms with Gasteiger partial charge in [0.2, 0.25) is 0 Å². The van der Waals surface area contributed by atoms with Crippen LogP contribution >= 0.6 is 0 Å². The van der Waals surface area contributed by atoms with Crippen molar-refractivity contribution >= 4 is 37.9 Å². The molecule has 0 heteroatoms. The van der Waals surface area contributed by atoms with E-state index in [0.717, 1.165) is 5.57 Å². The molecule has 51 heavy (non-hydrogen) atoms. The summed E-state index contributed by atoms with van der Waals surface area (Å²) in [5.74, 6) is 0.251. The first kappa shape index (κ1) is 33.8. The van der Waals surface area contributed by atoms with Gasteiger partial charge in [0.15, 0.2) is 0 Å². The predicted molar refractivity (Wildman–Crippen MR) is 226 cm³/mol. The van der Waals surface area contributed by atoms with Gasteiger partial charge in [-0.05, 0) is 118 Å². The third kappa shape index (κ3) is 6.06. The van der Waals surface area contributed by atoms with Gasteiger partial charge in [-0.2, -0.15) is 0 Å². The number of benzene rings is 7.